The third-order valence-electron chi connectivity index (χ3n) is 3.18. The predicted molar refractivity (Wildman–Crippen MR) is 70.9 cm³/mol. The van der Waals surface area contributed by atoms with Crippen LogP contribution in [-0.2, 0) is 13.0 Å². The second-order valence-electron chi connectivity index (χ2n) is 4.92. The first kappa shape index (κ1) is 14.2. The molecule has 0 aliphatic carbocycles. The second kappa shape index (κ2) is 7.43. The van der Waals surface area contributed by atoms with Crippen molar-refractivity contribution in [1.82, 2.24) is 20.1 Å². The van der Waals surface area contributed by atoms with Crippen molar-refractivity contribution in [1.29, 1.82) is 0 Å². The van der Waals surface area contributed by atoms with Crippen LogP contribution in [-0.4, -0.2) is 27.9 Å². The third-order valence-corrected chi connectivity index (χ3v) is 3.18. The van der Waals surface area contributed by atoms with Gasteiger partial charge in [-0.3, -0.25) is 4.68 Å². The molecule has 0 aromatic carbocycles. The number of nitrogens with zero attached hydrogens (tertiary/aromatic N) is 3. The van der Waals surface area contributed by atoms with Crippen molar-refractivity contribution in [2.75, 3.05) is 13.1 Å². The average molecular weight is 238 g/mol. The summed E-state index contributed by atoms with van der Waals surface area (Å²) in [4.78, 5) is 4.39. The zero-order valence-electron chi connectivity index (χ0n) is 11.6. The van der Waals surface area contributed by atoms with E-state index in [2.05, 4.69) is 43.1 Å². The largest absolute Gasteiger partial charge is 0.317 e. The minimum Gasteiger partial charge on any atom is -0.317 e. The van der Waals surface area contributed by atoms with Gasteiger partial charge in [0.1, 0.15) is 12.2 Å². The van der Waals surface area contributed by atoms with Gasteiger partial charge in [-0.05, 0) is 31.3 Å². The van der Waals surface area contributed by atoms with E-state index in [0.29, 0.717) is 11.8 Å². The van der Waals surface area contributed by atoms with E-state index in [9.17, 15) is 0 Å². The molecule has 0 saturated carbocycles. The van der Waals surface area contributed by atoms with Gasteiger partial charge < -0.3 is 5.32 Å². The normalized spacial score (nSPS) is 13.2. The second-order valence-corrected chi connectivity index (χ2v) is 4.92. The molecule has 0 saturated heterocycles. The van der Waals surface area contributed by atoms with Crippen molar-refractivity contribution in [3.8, 4) is 0 Å². The molecule has 1 aromatic heterocycles. The fourth-order valence-electron chi connectivity index (χ4n) is 1.95. The summed E-state index contributed by atoms with van der Waals surface area (Å²) in [5.74, 6) is 2.43. The van der Waals surface area contributed by atoms with Crippen LogP contribution in [0.3, 0.4) is 0 Å². The third kappa shape index (κ3) is 4.46. The molecule has 0 amide bonds. The summed E-state index contributed by atoms with van der Waals surface area (Å²) in [6, 6.07) is 0. The van der Waals surface area contributed by atoms with Crippen LogP contribution in [0.25, 0.3) is 0 Å². The molecule has 0 spiro atoms. The summed E-state index contributed by atoms with van der Waals surface area (Å²) in [5.41, 5.74) is 0. The Morgan fingerprint density at radius 3 is 2.71 bits per heavy atom. The summed E-state index contributed by atoms with van der Waals surface area (Å²) >= 11 is 0. The van der Waals surface area contributed by atoms with Crippen LogP contribution in [0.4, 0.5) is 0 Å². The van der Waals surface area contributed by atoms with Crippen molar-refractivity contribution in [3.05, 3.63) is 12.2 Å². The Morgan fingerprint density at radius 1 is 1.35 bits per heavy atom. The lowest BCUT2D eigenvalue weighted by Gasteiger charge is -2.20. The van der Waals surface area contributed by atoms with Crippen LogP contribution >= 0.6 is 0 Å². The molecule has 0 bridgehead atoms. The molecule has 0 aliphatic rings. The monoisotopic (exact) mass is 238 g/mol. The van der Waals surface area contributed by atoms with Gasteiger partial charge in [-0.1, -0.05) is 27.7 Å². The van der Waals surface area contributed by atoms with E-state index in [1.807, 2.05) is 4.68 Å². The average Bonchev–Trinajstić information content (AvgIpc) is 2.72. The van der Waals surface area contributed by atoms with Crippen LogP contribution in [0.5, 0.6) is 0 Å². The molecule has 98 valence electrons. The minimum absolute atomic E-state index is 0.634. The van der Waals surface area contributed by atoms with E-state index in [0.717, 1.165) is 38.3 Å². The topological polar surface area (TPSA) is 42.7 Å². The van der Waals surface area contributed by atoms with E-state index in [1.54, 1.807) is 6.33 Å². The van der Waals surface area contributed by atoms with Crippen LogP contribution < -0.4 is 5.32 Å². The lowest BCUT2D eigenvalue weighted by atomic mass is 9.92. The lowest BCUT2D eigenvalue weighted by molar-refractivity contribution is 0.350. The molecule has 4 nitrogen and oxygen atoms in total. The molecule has 1 heterocycles. The van der Waals surface area contributed by atoms with Gasteiger partial charge in [-0.15, -0.1) is 0 Å². The molecule has 1 rings (SSSR count). The summed E-state index contributed by atoms with van der Waals surface area (Å²) < 4.78 is 2.04. The minimum atomic E-state index is 0.634. The molecule has 1 atom stereocenters. The molecule has 0 fully saturated rings. The molecule has 1 N–H and O–H groups in total. The Labute approximate surface area is 105 Å². The van der Waals surface area contributed by atoms with Crippen molar-refractivity contribution < 1.29 is 0 Å². The van der Waals surface area contributed by atoms with Gasteiger partial charge in [0.15, 0.2) is 0 Å². The van der Waals surface area contributed by atoms with Crippen LogP contribution in [0.2, 0.25) is 0 Å². The zero-order chi connectivity index (χ0) is 12.7. The fraction of sp³-hybridized carbons (Fsp3) is 0.846. The van der Waals surface area contributed by atoms with E-state index in [-0.39, 0.29) is 0 Å². The number of aromatic nitrogens is 3. The van der Waals surface area contributed by atoms with E-state index >= 15 is 0 Å². The highest BCUT2D eigenvalue weighted by Crippen LogP contribution is 2.15. The number of rotatable bonds is 8. The molecule has 17 heavy (non-hydrogen) atoms. The molecular weight excluding hydrogens is 212 g/mol. The van der Waals surface area contributed by atoms with Crippen LogP contribution in [0.1, 0.15) is 39.9 Å². The molecular formula is C13H26N4. The maximum atomic E-state index is 4.39. The molecule has 4 heteroatoms. The smallest absolute Gasteiger partial charge is 0.138 e. The van der Waals surface area contributed by atoms with Crippen molar-refractivity contribution in [2.45, 2.75) is 47.1 Å². The predicted octanol–water partition coefficient (Wildman–Crippen LogP) is 2.11. The quantitative estimate of drug-likeness (QED) is 0.754. The molecule has 1 unspecified atom stereocenters. The summed E-state index contributed by atoms with van der Waals surface area (Å²) in [6.07, 6.45) is 3.80. The number of nitrogens with one attached hydrogen (secondary N) is 1. The Morgan fingerprint density at radius 2 is 2.12 bits per heavy atom. The highest BCUT2D eigenvalue weighted by atomic mass is 15.3. The van der Waals surface area contributed by atoms with Crippen molar-refractivity contribution in [3.63, 3.8) is 0 Å². The van der Waals surface area contributed by atoms with Gasteiger partial charge in [-0.25, -0.2) is 4.98 Å². The first-order chi connectivity index (χ1) is 8.19. The van der Waals surface area contributed by atoms with Gasteiger partial charge in [0, 0.05) is 13.0 Å². The highest BCUT2D eigenvalue weighted by molar-refractivity contribution is 4.88. The SMILES string of the molecule is CCCn1ncnc1CC(CNCC)C(C)C. The molecule has 0 aliphatic heterocycles. The Bertz CT molecular complexity index is 306. The molecule has 1 aromatic rings. The van der Waals surface area contributed by atoms with Crippen molar-refractivity contribution >= 4 is 0 Å². The van der Waals surface area contributed by atoms with Gasteiger partial charge in [0.2, 0.25) is 0 Å². The van der Waals surface area contributed by atoms with Gasteiger partial charge >= 0.3 is 0 Å². The fourth-order valence-corrected chi connectivity index (χ4v) is 1.95. The number of hydrogen-bond donors (Lipinski definition) is 1. The standard InChI is InChI=1S/C13H26N4/c1-5-7-17-13(15-10-16-17)8-12(11(3)4)9-14-6-2/h10-12,14H,5-9H2,1-4H3. The summed E-state index contributed by atoms with van der Waals surface area (Å²) in [6.45, 7) is 11.9. The van der Waals surface area contributed by atoms with Gasteiger partial charge in [-0.2, -0.15) is 5.10 Å². The maximum Gasteiger partial charge on any atom is 0.138 e. The number of aryl methyl sites for hydroxylation is 1. The molecule has 0 radical (unpaired) electrons. The van der Waals surface area contributed by atoms with Gasteiger partial charge in [0.05, 0.1) is 0 Å². The first-order valence-corrected chi connectivity index (χ1v) is 6.76. The van der Waals surface area contributed by atoms with E-state index < -0.39 is 0 Å². The maximum absolute atomic E-state index is 4.39. The summed E-state index contributed by atoms with van der Waals surface area (Å²) in [5, 5.41) is 7.72. The highest BCUT2D eigenvalue weighted by Gasteiger charge is 2.16. The van der Waals surface area contributed by atoms with E-state index in [4.69, 9.17) is 0 Å². The van der Waals surface area contributed by atoms with Crippen LogP contribution in [0.15, 0.2) is 6.33 Å². The summed E-state index contributed by atoms with van der Waals surface area (Å²) in [7, 11) is 0. The van der Waals surface area contributed by atoms with Crippen LogP contribution in [0, 0.1) is 11.8 Å². The van der Waals surface area contributed by atoms with Crippen molar-refractivity contribution in [2.24, 2.45) is 11.8 Å². The van der Waals surface area contributed by atoms with E-state index in [1.165, 1.54) is 0 Å². The van der Waals surface area contributed by atoms with Gasteiger partial charge in [0.25, 0.3) is 0 Å². The Kier molecular flexibility index (Phi) is 6.19. The number of hydrogen-bond acceptors (Lipinski definition) is 3. The Hall–Kier alpha value is -0.900. The lowest BCUT2D eigenvalue weighted by Crippen LogP contribution is -2.28. The first-order valence-electron chi connectivity index (χ1n) is 6.76. The Balaban J connectivity index is 2.61. The zero-order valence-corrected chi connectivity index (χ0v) is 11.6.